The highest BCUT2D eigenvalue weighted by molar-refractivity contribution is 5.04. The van der Waals surface area contributed by atoms with Gasteiger partial charge in [0.1, 0.15) is 11.6 Å². The van der Waals surface area contributed by atoms with Crippen molar-refractivity contribution in [3.63, 3.8) is 0 Å². The molecular formula is C16H29N5. The average Bonchev–Trinajstić information content (AvgIpc) is 2.89. The fourth-order valence-electron chi connectivity index (χ4n) is 3.74. The summed E-state index contributed by atoms with van der Waals surface area (Å²) in [5.41, 5.74) is 0. The van der Waals surface area contributed by atoms with E-state index in [1.54, 1.807) is 0 Å². The number of nitrogens with zero attached hydrogens (tertiary/aromatic N) is 5. The SMILES string of the molecule is CCN1CCC[C@H](c2nnc(CN3CCCCC3)n2C)C1. The number of rotatable bonds is 4. The lowest BCUT2D eigenvalue weighted by atomic mass is 9.97. The van der Waals surface area contributed by atoms with Crippen molar-refractivity contribution in [2.75, 3.05) is 32.7 Å². The van der Waals surface area contributed by atoms with Crippen molar-refractivity contribution in [1.82, 2.24) is 24.6 Å². The smallest absolute Gasteiger partial charge is 0.146 e. The quantitative estimate of drug-likeness (QED) is 0.850. The van der Waals surface area contributed by atoms with E-state index >= 15 is 0 Å². The van der Waals surface area contributed by atoms with Crippen LogP contribution in [0.2, 0.25) is 0 Å². The van der Waals surface area contributed by atoms with E-state index in [1.165, 1.54) is 57.6 Å². The van der Waals surface area contributed by atoms with Crippen LogP contribution in [0.25, 0.3) is 0 Å². The summed E-state index contributed by atoms with van der Waals surface area (Å²) in [7, 11) is 2.15. The van der Waals surface area contributed by atoms with E-state index in [2.05, 4.69) is 38.5 Å². The maximum atomic E-state index is 4.53. The van der Waals surface area contributed by atoms with E-state index in [9.17, 15) is 0 Å². The molecule has 0 bridgehead atoms. The van der Waals surface area contributed by atoms with Crippen LogP contribution in [0.15, 0.2) is 0 Å². The number of piperidine rings is 2. The van der Waals surface area contributed by atoms with Crippen molar-refractivity contribution in [2.24, 2.45) is 7.05 Å². The summed E-state index contributed by atoms with van der Waals surface area (Å²) < 4.78 is 2.26. The van der Waals surface area contributed by atoms with Gasteiger partial charge in [0.2, 0.25) is 0 Å². The molecule has 0 N–H and O–H groups in total. The van der Waals surface area contributed by atoms with E-state index in [4.69, 9.17) is 0 Å². The molecule has 0 amide bonds. The van der Waals surface area contributed by atoms with E-state index in [1.807, 2.05) is 0 Å². The summed E-state index contributed by atoms with van der Waals surface area (Å²) in [6.45, 7) is 9.19. The standard InChI is InChI=1S/C16H29N5/c1-3-20-11-7-8-14(12-20)16-18-17-15(19(16)2)13-21-9-5-4-6-10-21/h14H,3-13H2,1-2H3/t14-/m0/s1. The van der Waals surface area contributed by atoms with Gasteiger partial charge in [-0.1, -0.05) is 13.3 Å². The lowest BCUT2D eigenvalue weighted by Crippen LogP contribution is -2.35. The summed E-state index contributed by atoms with van der Waals surface area (Å²) in [6.07, 6.45) is 6.59. The molecule has 2 fully saturated rings. The molecule has 0 unspecified atom stereocenters. The average molecular weight is 291 g/mol. The molecule has 21 heavy (non-hydrogen) atoms. The maximum absolute atomic E-state index is 4.53. The van der Waals surface area contributed by atoms with Crippen molar-refractivity contribution < 1.29 is 0 Å². The van der Waals surface area contributed by atoms with E-state index in [0.717, 1.165) is 25.5 Å². The summed E-state index contributed by atoms with van der Waals surface area (Å²) in [5, 5.41) is 9.02. The molecule has 5 heteroatoms. The molecule has 2 saturated heterocycles. The molecule has 0 aliphatic carbocycles. The van der Waals surface area contributed by atoms with Crippen LogP contribution in [0.3, 0.4) is 0 Å². The first-order valence-electron chi connectivity index (χ1n) is 8.60. The van der Waals surface area contributed by atoms with Gasteiger partial charge in [0.05, 0.1) is 6.54 Å². The topological polar surface area (TPSA) is 37.2 Å². The van der Waals surface area contributed by atoms with E-state index < -0.39 is 0 Å². The maximum Gasteiger partial charge on any atom is 0.146 e. The minimum absolute atomic E-state index is 0.561. The van der Waals surface area contributed by atoms with Crippen LogP contribution >= 0.6 is 0 Å². The summed E-state index contributed by atoms with van der Waals surface area (Å²) in [4.78, 5) is 5.06. The Bertz CT molecular complexity index is 450. The molecular weight excluding hydrogens is 262 g/mol. The fourth-order valence-corrected chi connectivity index (χ4v) is 3.74. The Kier molecular flexibility index (Phi) is 4.91. The second-order valence-corrected chi connectivity index (χ2v) is 6.60. The zero-order chi connectivity index (χ0) is 14.7. The Balaban J connectivity index is 1.66. The Morgan fingerprint density at radius 3 is 2.52 bits per heavy atom. The van der Waals surface area contributed by atoms with Crippen molar-refractivity contribution in [1.29, 1.82) is 0 Å². The first-order valence-corrected chi connectivity index (χ1v) is 8.60. The van der Waals surface area contributed by atoms with Gasteiger partial charge in [-0.05, 0) is 51.9 Å². The number of aromatic nitrogens is 3. The molecule has 0 spiro atoms. The molecule has 5 nitrogen and oxygen atoms in total. The second kappa shape index (κ2) is 6.88. The number of hydrogen-bond donors (Lipinski definition) is 0. The van der Waals surface area contributed by atoms with Crippen LogP contribution in [0.1, 0.15) is 56.6 Å². The summed E-state index contributed by atoms with van der Waals surface area (Å²) >= 11 is 0. The van der Waals surface area contributed by atoms with Crippen LogP contribution in [-0.2, 0) is 13.6 Å². The molecule has 1 atom stereocenters. The Morgan fingerprint density at radius 1 is 1.00 bits per heavy atom. The van der Waals surface area contributed by atoms with Crippen LogP contribution in [0.5, 0.6) is 0 Å². The van der Waals surface area contributed by atoms with E-state index in [-0.39, 0.29) is 0 Å². The second-order valence-electron chi connectivity index (χ2n) is 6.60. The van der Waals surface area contributed by atoms with Crippen LogP contribution in [0.4, 0.5) is 0 Å². The Labute approximate surface area is 128 Å². The largest absolute Gasteiger partial charge is 0.317 e. The molecule has 0 radical (unpaired) electrons. The minimum atomic E-state index is 0.561. The molecule has 3 rings (SSSR count). The molecule has 1 aromatic rings. The zero-order valence-corrected chi connectivity index (χ0v) is 13.6. The van der Waals surface area contributed by atoms with Crippen molar-refractivity contribution in [3.05, 3.63) is 11.6 Å². The minimum Gasteiger partial charge on any atom is -0.317 e. The predicted octanol–water partition coefficient (Wildman–Crippen LogP) is 2.00. The highest BCUT2D eigenvalue weighted by atomic mass is 15.3. The lowest BCUT2D eigenvalue weighted by Gasteiger charge is -2.31. The van der Waals surface area contributed by atoms with Crippen LogP contribution < -0.4 is 0 Å². The lowest BCUT2D eigenvalue weighted by molar-refractivity contribution is 0.208. The third kappa shape index (κ3) is 3.46. The first-order chi connectivity index (χ1) is 10.3. The van der Waals surface area contributed by atoms with Gasteiger partial charge in [0, 0.05) is 19.5 Å². The third-order valence-corrected chi connectivity index (χ3v) is 5.13. The molecule has 2 aliphatic heterocycles. The van der Waals surface area contributed by atoms with E-state index in [0.29, 0.717) is 5.92 Å². The molecule has 3 heterocycles. The summed E-state index contributed by atoms with van der Waals surface area (Å²) in [5.74, 6) is 2.90. The fraction of sp³-hybridized carbons (Fsp3) is 0.875. The van der Waals surface area contributed by atoms with Gasteiger partial charge in [-0.25, -0.2) is 0 Å². The first kappa shape index (κ1) is 15.0. The summed E-state index contributed by atoms with van der Waals surface area (Å²) in [6, 6.07) is 0. The van der Waals surface area contributed by atoms with Gasteiger partial charge in [-0.2, -0.15) is 0 Å². The van der Waals surface area contributed by atoms with Gasteiger partial charge >= 0.3 is 0 Å². The van der Waals surface area contributed by atoms with Gasteiger partial charge in [0.15, 0.2) is 0 Å². The predicted molar refractivity (Wildman–Crippen MR) is 84.2 cm³/mol. The van der Waals surface area contributed by atoms with Crippen molar-refractivity contribution in [2.45, 2.75) is 51.5 Å². The Morgan fingerprint density at radius 2 is 1.76 bits per heavy atom. The van der Waals surface area contributed by atoms with Crippen LogP contribution in [0, 0.1) is 0 Å². The monoisotopic (exact) mass is 291 g/mol. The zero-order valence-electron chi connectivity index (χ0n) is 13.6. The molecule has 2 aliphatic rings. The molecule has 0 aromatic carbocycles. The van der Waals surface area contributed by atoms with Gasteiger partial charge in [-0.15, -0.1) is 10.2 Å². The van der Waals surface area contributed by atoms with Gasteiger partial charge in [-0.3, -0.25) is 4.90 Å². The highest BCUT2D eigenvalue weighted by Gasteiger charge is 2.25. The third-order valence-electron chi connectivity index (χ3n) is 5.13. The van der Waals surface area contributed by atoms with Crippen molar-refractivity contribution in [3.8, 4) is 0 Å². The normalized spacial score (nSPS) is 25.3. The number of likely N-dealkylation sites (N-methyl/N-ethyl adjacent to an activating group) is 1. The molecule has 1 aromatic heterocycles. The number of likely N-dealkylation sites (tertiary alicyclic amines) is 2. The van der Waals surface area contributed by atoms with Crippen LogP contribution in [-0.4, -0.2) is 57.3 Å². The number of hydrogen-bond acceptors (Lipinski definition) is 4. The van der Waals surface area contributed by atoms with Gasteiger partial charge in [0.25, 0.3) is 0 Å². The molecule has 0 saturated carbocycles. The van der Waals surface area contributed by atoms with Gasteiger partial charge < -0.3 is 9.47 Å². The van der Waals surface area contributed by atoms with Crippen molar-refractivity contribution >= 4 is 0 Å². The highest BCUT2D eigenvalue weighted by Crippen LogP contribution is 2.25. The molecule has 118 valence electrons. The Hall–Kier alpha value is -0.940.